The summed E-state index contributed by atoms with van der Waals surface area (Å²) in [5.74, 6) is 1.22. The molecule has 1 aliphatic heterocycles. The quantitative estimate of drug-likeness (QED) is 0.0434. The van der Waals surface area contributed by atoms with E-state index >= 15 is 0 Å². The highest BCUT2D eigenvalue weighted by Gasteiger charge is 2.45. The van der Waals surface area contributed by atoms with E-state index in [1.807, 2.05) is 0 Å². The predicted octanol–water partition coefficient (Wildman–Crippen LogP) is 7.29. The van der Waals surface area contributed by atoms with Gasteiger partial charge in [-0.3, -0.25) is 4.79 Å². The maximum Gasteiger partial charge on any atom is 0.309 e. The lowest BCUT2D eigenvalue weighted by Crippen LogP contribution is -2.44. The van der Waals surface area contributed by atoms with Crippen LogP contribution in [0.2, 0.25) is 0 Å². The molecule has 0 amide bonds. The summed E-state index contributed by atoms with van der Waals surface area (Å²) in [5, 5.41) is 50.8. The smallest absolute Gasteiger partial charge is 0.309 e. The molecule has 1 saturated heterocycles. The van der Waals surface area contributed by atoms with Gasteiger partial charge in [-0.15, -0.1) is 0 Å². The number of aliphatic hydroxyl groups excluding tert-OH is 2. The molecule has 0 spiro atoms. The molecular weight excluding hydrogens is 626 g/mol. The van der Waals surface area contributed by atoms with Gasteiger partial charge >= 0.3 is 5.97 Å². The van der Waals surface area contributed by atoms with Crippen molar-refractivity contribution in [2.45, 2.75) is 185 Å². The minimum atomic E-state index is -0.956. The summed E-state index contributed by atoms with van der Waals surface area (Å²) >= 11 is 0. The zero-order valence-electron chi connectivity index (χ0n) is 31.8. The average Bonchev–Trinajstić information content (AvgIpc) is 3.40. The Bertz CT molecular complexity index is 975. The molecule has 0 radical (unpaired) electrons. The largest absolute Gasteiger partial charge is 0.481 e. The Morgan fingerprint density at radius 2 is 1.70 bits per heavy atom. The minimum Gasteiger partial charge on any atom is -0.481 e. The van der Waals surface area contributed by atoms with Crippen molar-refractivity contribution in [1.82, 2.24) is 10.6 Å². The van der Waals surface area contributed by atoms with E-state index in [0.29, 0.717) is 42.9 Å². The van der Waals surface area contributed by atoms with Crippen molar-refractivity contribution in [3.63, 3.8) is 0 Å². The highest BCUT2D eigenvalue weighted by Crippen LogP contribution is 2.46. The topological polar surface area (TPSA) is 148 Å². The third-order valence-corrected chi connectivity index (χ3v) is 13.3. The first-order chi connectivity index (χ1) is 24.2. The van der Waals surface area contributed by atoms with Gasteiger partial charge in [-0.1, -0.05) is 89.7 Å². The number of hydrogen-bond donors (Lipinski definition) is 7. The molecule has 8 nitrogen and oxygen atoms in total. The third-order valence-electron chi connectivity index (χ3n) is 13.3. The van der Waals surface area contributed by atoms with Crippen LogP contribution in [0.3, 0.4) is 0 Å². The van der Waals surface area contributed by atoms with Gasteiger partial charge in [0.05, 0.1) is 29.9 Å². The van der Waals surface area contributed by atoms with Crippen molar-refractivity contribution in [1.29, 1.82) is 0 Å². The molecule has 290 valence electrons. The van der Waals surface area contributed by atoms with Crippen LogP contribution in [0.15, 0.2) is 12.2 Å². The molecule has 10 atom stereocenters. The summed E-state index contributed by atoms with van der Waals surface area (Å²) in [6.07, 6.45) is 28.0. The van der Waals surface area contributed by atoms with Crippen LogP contribution in [0.5, 0.6) is 0 Å². The van der Waals surface area contributed by atoms with Gasteiger partial charge in [0, 0.05) is 5.92 Å². The molecule has 8 N–H and O–H groups in total. The number of allylic oxidation sites excluding steroid dienone is 1. The van der Waals surface area contributed by atoms with Crippen molar-refractivity contribution in [2.75, 3.05) is 19.6 Å². The van der Waals surface area contributed by atoms with Crippen LogP contribution in [0.4, 0.5) is 0 Å². The summed E-state index contributed by atoms with van der Waals surface area (Å²) in [7, 11) is 0. The van der Waals surface area contributed by atoms with Gasteiger partial charge < -0.3 is 36.8 Å². The number of rotatable bonds is 23. The lowest BCUT2D eigenvalue weighted by Gasteiger charge is -2.31. The van der Waals surface area contributed by atoms with Crippen molar-refractivity contribution in [3.8, 4) is 0 Å². The minimum absolute atomic E-state index is 0.0528. The number of aliphatic carboxylic acids is 1. The zero-order chi connectivity index (χ0) is 35.8. The zero-order valence-corrected chi connectivity index (χ0v) is 31.8. The Morgan fingerprint density at radius 1 is 0.920 bits per heavy atom. The molecule has 10 unspecified atom stereocenters. The second-order valence-corrected chi connectivity index (χ2v) is 17.5. The summed E-state index contributed by atoms with van der Waals surface area (Å²) in [6.45, 7) is 5.13. The fourth-order valence-electron chi connectivity index (χ4n) is 10.2. The average molecular weight is 704 g/mol. The molecule has 0 aromatic heterocycles. The molecule has 4 aliphatic rings. The first-order valence-corrected chi connectivity index (χ1v) is 21.3. The first-order valence-electron chi connectivity index (χ1n) is 21.3. The van der Waals surface area contributed by atoms with Crippen molar-refractivity contribution >= 4 is 5.97 Å². The van der Waals surface area contributed by atoms with Crippen molar-refractivity contribution in [2.24, 2.45) is 47.2 Å². The number of carboxylic acid groups (broad SMARTS) is 1. The Labute approximate surface area is 305 Å². The lowest BCUT2D eigenvalue weighted by molar-refractivity contribution is -0.146. The number of unbranched alkanes of at least 4 members (excludes halogenated alkanes) is 4. The molecule has 1 heterocycles. The summed E-state index contributed by atoms with van der Waals surface area (Å²) < 4.78 is 0. The number of carbonyl (C=O) groups is 1. The number of aliphatic hydroxyl groups is 3. The predicted molar refractivity (Wildman–Crippen MR) is 203 cm³/mol. The SMILES string of the molecule is CCCCCC1C=CC(CCCCCC(C(=O)O)C(O)CCC2(O)CC(CNCCCC3CCCCC3)C(CC3CCNC(N)C3)C2)C(O)C1. The van der Waals surface area contributed by atoms with Crippen LogP contribution in [-0.4, -0.2) is 70.0 Å². The molecule has 4 rings (SSSR count). The second kappa shape index (κ2) is 22.2. The van der Waals surface area contributed by atoms with E-state index in [0.717, 1.165) is 96.2 Å². The molecule has 8 heteroatoms. The fraction of sp³-hybridized carbons (Fsp3) is 0.929. The normalized spacial score (nSPS) is 33.4. The van der Waals surface area contributed by atoms with Crippen LogP contribution in [0.1, 0.15) is 161 Å². The highest BCUT2D eigenvalue weighted by atomic mass is 16.4. The highest BCUT2D eigenvalue weighted by molar-refractivity contribution is 5.70. The van der Waals surface area contributed by atoms with Gasteiger partial charge in [0.1, 0.15) is 0 Å². The lowest BCUT2D eigenvalue weighted by atomic mass is 9.81. The van der Waals surface area contributed by atoms with Crippen LogP contribution in [0, 0.1) is 41.4 Å². The molecule has 0 aromatic carbocycles. The van der Waals surface area contributed by atoms with Crippen LogP contribution in [0.25, 0.3) is 0 Å². The van der Waals surface area contributed by atoms with Gasteiger partial charge in [-0.2, -0.15) is 0 Å². The third kappa shape index (κ3) is 14.4. The van der Waals surface area contributed by atoms with Gasteiger partial charge in [0.15, 0.2) is 0 Å². The summed E-state index contributed by atoms with van der Waals surface area (Å²) in [4.78, 5) is 12.2. The Balaban J connectivity index is 1.19. The van der Waals surface area contributed by atoms with Crippen LogP contribution in [-0.2, 0) is 4.79 Å². The van der Waals surface area contributed by atoms with Gasteiger partial charge in [0.2, 0.25) is 0 Å². The molecule has 3 aliphatic carbocycles. The molecular formula is C42H77N3O5. The second-order valence-electron chi connectivity index (χ2n) is 17.5. The summed E-state index contributed by atoms with van der Waals surface area (Å²) in [6, 6.07) is 0. The number of piperidine rings is 1. The Morgan fingerprint density at radius 3 is 2.44 bits per heavy atom. The fourth-order valence-corrected chi connectivity index (χ4v) is 10.2. The summed E-state index contributed by atoms with van der Waals surface area (Å²) in [5.41, 5.74) is 5.39. The van der Waals surface area contributed by atoms with E-state index in [1.165, 1.54) is 64.2 Å². The monoisotopic (exact) mass is 704 g/mol. The maximum atomic E-state index is 12.2. The molecule has 2 saturated carbocycles. The van der Waals surface area contributed by atoms with E-state index in [4.69, 9.17) is 5.73 Å². The van der Waals surface area contributed by atoms with Crippen LogP contribution < -0.4 is 16.4 Å². The van der Waals surface area contributed by atoms with Crippen LogP contribution >= 0.6 is 0 Å². The van der Waals surface area contributed by atoms with Crippen molar-refractivity contribution in [3.05, 3.63) is 12.2 Å². The maximum absolute atomic E-state index is 12.2. The van der Waals surface area contributed by atoms with Gasteiger partial charge in [-0.05, 0) is 133 Å². The standard InChI is InChI=1S/C42H77N3O5/c1-2-3-6-14-32-18-19-34(39(47)26-32)16-9-5-10-17-37(41(48)49)38(46)20-22-42(50)28-35(25-33-21-24-45-40(43)27-33)36(29-42)30-44-23-11-15-31-12-7-4-8-13-31/h18-19,31-40,44-47,50H,2-17,20-30,43H2,1H3,(H,48,49). The van der Waals surface area contributed by atoms with E-state index in [9.17, 15) is 25.2 Å². The molecule has 0 aromatic rings. The number of nitrogens with one attached hydrogen (secondary N) is 2. The van der Waals surface area contributed by atoms with E-state index < -0.39 is 23.6 Å². The van der Waals surface area contributed by atoms with Gasteiger partial charge in [-0.25, -0.2) is 0 Å². The van der Waals surface area contributed by atoms with Gasteiger partial charge in [0.25, 0.3) is 0 Å². The molecule has 50 heavy (non-hydrogen) atoms. The molecule has 0 bridgehead atoms. The Kier molecular flexibility index (Phi) is 18.6. The van der Waals surface area contributed by atoms with E-state index in [-0.39, 0.29) is 18.2 Å². The number of carboxylic acids is 1. The Hall–Kier alpha value is -1.03. The number of nitrogens with two attached hydrogens (primary N) is 1. The number of hydrogen-bond acceptors (Lipinski definition) is 7. The molecule has 3 fully saturated rings. The van der Waals surface area contributed by atoms with Crippen molar-refractivity contribution < 1.29 is 25.2 Å². The van der Waals surface area contributed by atoms with E-state index in [2.05, 4.69) is 29.7 Å². The van der Waals surface area contributed by atoms with E-state index in [1.54, 1.807) is 0 Å². The first kappa shape index (κ1) is 41.7.